The van der Waals surface area contributed by atoms with Gasteiger partial charge in [-0.3, -0.25) is 0 Å². The van der Waals surface area contributed by atoms with Gasteiger partial charge in [0.1, 0.15) is 0 Å². The molecule has 5 heteroatoms. The van der Waals surface area contributed by atoms with Crippen LogP contribution in [0.25, 0.3) is 0 Å². The summed E-state index contributed by atoms with van der Waals surface area (Å²) in [6, 6.07) is 0.351. The van der Waals surface area contributed by atoms with Gasteiger partial charge in [0.2, 0.25) is 0 Å². The van der Waals surface area contributed by atoms with Gasteiger partial charge in [0, 0.05) is 20.2 Å². The molecule has 0 amide bonds. The predicted molar refractivity (Wildman–Crippen MR) is 64.1 cm³/mol. The molecule has 1 aliphatic heterocycles. The van der Waals surface area contributed by atoms with Crippen LogP contribution < -0.4 is 5.32 Å². The maximum atomic E-state index is 5.54. The van der Waals surface area contributed by atoms with Gasteiger partial charge in [0.15, 0.2) is 5.11 Å². The second-order valence-corrected chi connectivity index (χ2v) is 4.26. The summed E-state index contributed by atoms with van der Waals surface area (Å²) < 4.78 is 10.5. The van der Waals surface area contributed by atoms with Crippen LogP contribution >= 0.6 is 12.2 Å². The van der Waals surface area contributed by atoms with Crippen LogP contribution in [-0.2, 0) is 9.47 Å². The Labute approximate surface area is 96.9 Å². The lowest BCUT2D eigenvalue weighted by Crippen LogP contribution is -2.53. The Balaban J connectivity index is 2.35. The third-order valence-electron chi connectivity index (χ3n) is 2.45. The molecular formula is C10H20N2O2S. The highest BCUT2D eigenvalue weighted by atomic mass is 32.1. The molecule has 0 bridgehead atoms. The highest BCUT2D eigenvalue weighted by Gasteiger charge is 2.24. The second-order valence-electron chi connectivity index (χ2n) is 3.87. The Morgan fingerprint density at radius 3 is 3.00 bits per heavy atom. The number of hydrogen-bond donors (Lipinski definition) is 1. The average molecular weight is 232 g/mol. The summed E-state index contributed by atoms with van der Waals surface area (Å²) in [5, 5.41) is 3.98. The number of ether oxygens (including phenoxy) is 2. The quantitative estimate of drug-likeness (QED) is 0.570. The van der Waals surface area contributed by atoms with E-state index >= 15 is 0 Å². The van der Waals surface area contributed by atoms with E-state index in [1.807, 2.05) is 0 Å². The molecule has 0 aliphatic carbocycles. The maximum Gasteiger partial charge on any atom is 0.169 e. The number of thiocarbonyl (C=S) groups is 1. The molecular weight excluding hydrogens is 212 g/mol. The topological polar surface area (TPSA) is 33.7 Å². The molecule has 1 fully saturated rings. The smallest absolute Gasteiger partial charge is 0.169 e. The van der Waals surface area contributed by atoms with Crippen molar-refractivity contribution in [2.24, 2.45) is 0 Å². The van der Waals surface area contributed by atoms with E-state index in [2.05, 4.69) is 24.1 Å². The first kappa shape index (κ1) is 12.7. The molecule has 1 N–H and O–H groups in total. The fraction of sp³-hybridized carbons (Fsp3) is 0.900. The van der Waals surface area contributed by atoms with Crippen molar-refractivity contribution in [3.05, 3.63) is 0 Å². The van der Waals surface area contributed by atoms with Crippen molar-refractivity contribution in [1.82, 2.24) is 10.2 Å². The van der Waals surface area contributed by atoms with E-state index in [-0.39, 0.29) is 6.10 Å². The zero-order valence-electron chi connectivity index (χ0n) is 9.66. The Hall–Kier alpha value is -0.390. The highest BCUT2D eigenvalue weighted by molar-refractivity contribution is 7.80. The molecule has 1 aliphatic rings. The van der Waals surface area contributed by atoms with Crippen LogP contribution in [0.3, 0.4) is 0 Å². The number of rotatable bonds is 3. The standard InChI is InChI=1S/C10H20N2O2S/c1-8-7-14-9(2)6-12(8)10(15)11-4-5-13-3/h8-9H,4-7H2,1-3H3,(H,11,15). The molecule has 15 heavy (non-hydrogen) atoms. The Kier molecular flexibility index (Phi) is 5.28. The van der Waals surface area contributed by atoms with Gasteiger partial charge < -0.3 is 19.7 Å². The van der Waals surface area contributed by atoms with E-state index < -0.39 is 0 Å². The van der Waals surface area contributed by atoms with Crippen molar-refractivity contribution in [2.75, 3.05) is 33.4 Å². The van der Waals surface area contributed by atoms with Gasteiger partial charge in [0.05, 0.1) is 25.4 Å². The van der Waals surface area contributed by atoms with E-state index in [9.17, 15) is 0 Å². The van der Waals surface area contributed by atoms with Gasteiger partial charge in [-0.05, 0) is 26.1 Å². The van der Waals surface area contributed by atoms with Gasteiger partial charge in [-0.1, -0.05) is 0 Å². The fourth-order valence-electron chi connectivity index (χ4n) is 1.55. The molecule has 1 saturated heterocycles. The number of nitrogens with zero attached hydrogens (tertiary/aromatic N) is 1. The SMILES string of the molecule is COCCNC(=S)N1CC(C)OCC1C. The Morgan fingerprint density at radius 2 is 2.33 bits per heavy atom. The van der Waals surface area contributed by atoms with Crippen LogP contribution in [0.1, 0.15) is 13.8 Å². The maximum absolute atomic E-state index is 5.54. The average Bonchev–Trinajstić information content (AvgIpc) is 2.22. The van der Waals surface area contributed by atoms with Crippen LogP contribution in [0.4, 0.5) is 0 Å². The lowest BCUT2D eigenvalue weighted by molar-refractivity contribution is -0.0226. The minimum absolute atomic E-state index is 0.253. The molecule has 0 aromatic carbocycles. The summed E-state index contributed by atoms with van der Waals surface area (Å²) >= 11 is 5.32. The number of hydrogen-bond acceptors (Lipinski definition) is 3. The van der Waals surface area contributed by atoms with Crippen LogP contribution in [0.15, 0.2) is 0 Å². The van der Waals surface area contributed by atoms with Crippen LogP contribution in [0.2, 0.25) is 0 Å². The molecule has 0 saturated carbocycles. The lowest BCUT2D eigenvalue weighted by Gasteiger charge is -2.38. The number of morpholine rings is 1. The Bertz CT molecular complexity index is 214. The number of nitrogens with one attached hydrogen (secondary N) is 1. The monoisotopic (exact) mass is 232 g/mol. The van der Waals surface area contributed by atoms with Gasteiger partial charge in [-0.15, -0.1) is 0 Å². The van der Waals surface area contributed by atoms with Gasteiger partial charge in [-0.2, -0.15) is 0 Å². The molecule has 2 atom stereocenters. The summed E-state index contributed by atoms with van der Waals surface area (Å²) in [6.45, 7) is 7.22. The number of methoxy groups -OCH3 is 1. The zero-order chi connectivity index (χ0) is 11.3. The molecule has 0 aromatic rings. The van der Waals surface area contributed by atoms with Crippen molar-refractivity contribution in [1.29, 1.82) is 0 Å². The molecule has 88 valence electrons. The molecule has 1 rings (SSSR count). The largest absolute Gasteiger partial charge is 0.383 e. The van der Waals surface area contributed by atoms with Gasteiger partial charge in [0.25, 0.3) is 0 Å². The first-order valence-corrected chi connectivity index (χ1v) is 5.71. The molecule has 1 heterocycles. The Morgan fingerprint density at radius 1 is 1.60 bits per heavy atom. The van der Waals surface area contributed by atoms with Gasteiger partial charge >= 0.3 is 0 Å². The third kappa shape index (κ3) is 3.93. The van der Waals surface area contributed by atoms with Crippen molar-refractivity contribution in [3.8, 4) is 0 Å². The van der Waals surface area contributed by atoms with E-state index in [1.54, 1.807) is 7.11 Å². The fourth-order valence-corrected chi connectivity index (χ4v) is 1.90. The summed E-state index contributed by atoms with van der Waals surface area (Å²) in [6.07, 6.45) is 0.253. The summed E-state index contributed by atoms with van der Waals surface area (Å²) in [5.74, 6) is 0. The van der Waals surface area contributed by atoms with Crippen molar-refractivity contribution >= 4 is 17.3 Å². The van der Waals surface area contributed by atoms with Crippen molar-refractivity contribution in [3.63, 3.8) is 0 Å². The summed E-state index contributed by atoms with van der Waals surface area (Å²) in [5.41, 5.74) is 0. The first-order valence-electron chi connectivity index (χ1n) is 5.30. The van der Waals surface area contributed by atoms with Gasteiger partial charge in [-0.25, -0.2) is 0 Å². The van der Waals surface area contributed by atoms with Crippen LogP contribution in [-0.4, -0.2) is 55.6 Å². The van der Waals surface area contributed by atoms with E-state index in [0.29, 0.717) is 12.6 Å². The predicted octanol–water partition coefficient (Wildman–Crippen LogP) is 0.616. The molecule has 4 nitrogen and oxygen atoms in total. The third-order valence-corrected chi connectivity index (χ3v) is 2.83. The lowest BCUT2D eigenvalue weighted by atomic mass is 10.2. The zero-order valence-corrected chi connectivity index (χ0v) is 10.5. The molecule has 0 radical (unpaired) electrons. The normalized spacial score (nSPS) is 26.5. The first-order chi connectivity index (χ1) is 7.15. The second kappa shape index (κ2) is 6.25. The van der Waals surface area contributed by atoms with E-state index in [1.165, 1.54) is 0 Å². The van der Waals surface area contributed by atoms with Crippen LogP contribution in [0, 0.1) is 0 Å². The summed E-state index contributed by atoms with van der Waals surface area (Å²) in [7, 11) is 1.68. The van der Waals surface area contributed by atoms with E-state index in [0.717, 1.165) is 24.8 Å². The molecule has 2 unspecified atom stereocenters. The molecule has 0 spiro atoms. The van der Waals surface area contributed by atoms with Crippen molar-refractivity contribution < 1.29 is 9.47 Å². The highest BCUT2D eigenvalue weighted by Crippen LogP contribution is 2.11. The van der Waals surface area contributed by atoms with Crippen molar-refractivity contribution in [2.45, 2.75) is 26.0 Å². The molecule has 0 aromatic heterocycles. The summed E-state index contributed by atoms with van der Waals surface area (Å²) in [4.78, 5) is 2.18. The van der Waals surface area contributed by atoms with Crippen LogP contribution in [0.5, 0.6) is 0 Å². The minimum Gasteiger partial charge on any atom is -0.383 e. The van der Waals surface area contributed by atoms with E-state index in [4.69, 9.17) is 21.7 Å². The minimum atomic E-state index is 0.253.